The van der Waals surface area contributed by atoms with Crippen molar-refractivity contribution in [2.24, 2.45) is 5.41 Å². The third kappa shape index (κ3) is 1.51. The highest BCUT2D eigenvalue weighted by Crippen LogP contribution is 2.60. The van der Waals surface area contributed by atoms with Gasteiger partial charge >= 0.3 is 0 Å². The van der Waals surface area contributed by atoms with E-state index in [4.69, 9.17) is 0 Å². The van der Waals surface area contributed by atoms with Crippen molar-refractivity contribution in [3.8, 4) is 0 Å². The molecule has 0 unspecified atom stereocenters. The molecule has 3 fully saturated rings. The fourth-order valence-electron chi connectivity index (χ4n) is 3.14. The first-order valence-corrected chi connectivity index (χ1v) is 6.95. The number of nitrogens with one attached hydrogen (secondary N) is 1. The van der Waals surface area contributed by atoms with Gasteiger partial charge in [-0.3, -0.25) is 5.32 Å². The highest BCUT2D eigenvalue weighted by atomic mass is 32.2. The Morgan fingerprint density at radius 2 is 1.50 bits per heavy atom. The van der Waals surface area contributed by atoms with E-state index in [1.54, 1.807) is 0 Å². The molecule has 0 bridgehead atoms. The summed E-state index contributed by atoms with van der Waals surface area (Å²) in [4.78, 5) is 0.470. The van der Waals surface area contributed by atoms with E-state index in [-0.39, 0.29) is 0 Å². The summed E-state index contributed by atoms with van der Waals surface area (Å²) in [7, 11) is 0. The van der Waals surface area contributed by atoms with Crippen LogP contribution >= 0.6 is 11.8 Å². The smallest absolute Gasteiger partial charge is 0.0650 e. The Hall–Kier alpha value is 0.310. The van der Waals surface area contributed by atoms with Gasteiger partial charge in [-0.1, -0.05) is 0 Å². The second kappa shape index (κ2) is 2.70. The normalized spacial score (nSPS) is 36.4. The molecule has 3 rings (SSSR count). The van der Waals surface area contributed by atoms with Crippen LogP contribution in [-0.4, -0.2) is 16.2 Å². The van der Waals surface area contributed by atoms with E-state index in [2.05, 4.69) is 30.9 Å². The van der Waals surface area contributed by atoms with Crippen molar-refractivity contribution >= 4 is 11.8 Å². The molecule has 0 radical (unpaired) electrons. The van der Waals surface area contributed by atoms with Crippen molar-refractivity contribution in [1.82, 2.24) is 5.32 Å². The van der Waals surface area contributed by atoms with Crippen molar-refractivity contribution in [1.29, 1.82) is 0 Å². The van der Waals surface area contributed by atoms with Gasteiger partial charge in [0.15, 0.2) is 0 Å². The zero-order valence-electron chi connectivity index (χ0n) is 9.36. The van der Waals surface area contributed by atoms with E-state index in [1.165, 1.54) is 44.3 Å². The summed E-state index contributed by atoms with van der Waals surface area (Å²) in [6.07, 6.45) is 8.86. The topological polar surface area (TPSA) is 12.0 Å². The Balaban J connectivity index is 1.69. The number of rotatable bonds is 0. The highest BCUT2D eigenvalue weighted by Gasteiger charge is 2.52. The van der Waals surface area contributed by atoms with Crippen LogP contribution in [0.2, 0.25) is 0 Å². The average molecular weight is 211 g/mol. The maximum absolute atomic E-state index is 3.87. The average Bonchev–Trinajstić information content (AvgIpc) is 2.82. The van der Waals surface area contributed by atoms with E-state index in [0.29, 0.717) is 10.4 Å². The number of thioether (sulfide) groups is 1. The summed E-state index contributed by atoms with van der Waals surface area (Å²) in [6, 6.07) is 0. The fourth-order valence-corrected chi connectivity index (χ4v) is 4.69. The fraction of sp³-hybridized carbons (Fsp3) is 1.00. The molecule has 0 aromatic carbocycles. The predicted molar refractivity (Wildman–Crippen MR) is 62.5 cm³/mol. The number of hydrogen-bond acceptors (Lipinski definition) is 2. The van der Waals surface area contributed by atoms with E-state index < -0.39 is 0 Å². The molecule has 2 saturated carbocycles. The second-order valence-electron chi connectivity index (χ2n) is 6.29. The number of hydrogen-bond donors (Lipinski definition) is 1. The minimum absolute atomic E-state index is 0.374. The van der Waals surface area contributed by atoms with Gasteiger partial charge in [-0.05, 0) is 57.8 Å². The minimum atomic E-state index is 0.374. The van der Waals surface area contributed by atoms with E-state index in [0.717, 1.165) is 5.41 Å². The summed E-state index contributed by atoms with van der Waals surface area (Å²) in [5.74, 6) is 1.29. The monoisotopic (exact) mass is 211 g/mol. The molecular weight excluding hydrogens is 190 g/mol. The first-order valence-electron chi connectivity index (χ1n) is 5.97. The van der Waals surface area contributed by atoms with Gasteiger partial charge < -0.3 is 0 Å². The van der Waals surface area contributed by atoms with Crippen LogP contribution in [0.15, 0.2) is 0 Å². The predicted octanol–water partition coefficient (Wildman–Crippen LogP) is 3.15. The zero-order valence-corrected chi connectivity index (χ0v) is 10.2. The van der Waals surface area contributed by atoms with Gasteiger partial charge in [-0.2, -0.15) is 0 Å². The molecule has 3 aliphatic rings. The van der Waals surface area contributed by atoms with Gasteiger partial charge in [0.25, 0.3) is 0 Å². The SMILES string of the molecule is CC1(C)CSC2(CCC3(CC3)CC2)N1. The molecular formula is C12H21NS. The van der Waals surface area contributed by atoms with E-state index in [9.17, 15) is 0 Å². The van der Waals surface area contributed by atoms with E-state index in [1.807, 2.05) is 0 Å². The van der Waals surface area contributed by atoms with Gasteiger partial charge in [-0.25, -0.2) is 0 Å². The largest absolute Gasteiger partial charge is 0.297 e. The molecule has 0 atom stereocenters. The van der Waals surface area contributed by atoms with Crippen LogP contribution in [0.1, 0.15) is 52.4 Å². The molecule has 80 valence electrons. The third-order valence-corrected chi connectivity index (χ3v) is 6.28. The van der Waals surface area contributed by atoms with Crippen LogP contribution < -0.4 is 5.32 Å². The van der Waals surface area contributed by atoms with Gasteiger partial charge in [0.1, 0.15) is 0 Å². The molecule has 1 heterocycles. The quantitative estimate of drug-likeness (QED) is 0.660. The zero-order chi connectivity index (χ0) is 9.86. The van der Waals surface area contributed by atoms with Crippen LogP contribution in [0.5, 0.6) is 0 Å². The van der Waals surface area contributed by atoms with Crippen molar-refractivity contribution < 1.29 is 0 Å². The highest BCUT2D eigenvalue weighted by molar-refractivity contribution is 8.00. The Kier molecular flexibility index (Phi) is 1.84. The summed E-state index contributed by atoms with van der Waals surface area (Å²) >= 11 is 2.19. The maximum atomic E-state index is 3.87. The summed E-state index contributed by atoms with van der Waals surface area (Å²) in [5.41, 5.74) is 1.21. The molecule has 0 aromatic rings. The Labute approximate surface area is 91.4 Å². The molecule has 1 nitrogen and oxygen atoms in total. The summed E-state index contributed by atoms with van der Waals surface area (Å²) in [5, 5.41) is 3.87. The molecule has 2 heteroatoms. The van der Waals surface area contributed by atoms with Gasteiger partial charge in [0.05, 0.1) is 4.87 Å². The molecule has 1 aliphatic heterocycles. The van der Waals surface area contributed by atoms with Gasteiger partial charge in [-0.15, -0.1) is 11.8 Å². The molecule has 1 N–H and O–H groups in total. The first-order chi connectivity index (χ1) is 6.54. The molecule has 2 aliphatic carbocycles. The Morgan fingerprint density at radius 1 is 0.929 bits per heavy atom. The van der Waals surface area contributed by atoms with Gasteiger partial charge in [0, 0.05) is 11.3 Å². The lowest BCUT2D eigenvalue weighted by atomic mass is 9.82. The van der Waals surface area contributed by atoms with Crippen molar-refractivity contribution in [2.75, 3.05) is 5.75 Å². The minimum Gasteiger partial charge on any atom is -0.297 e. The van der Waals surface area contributed by atoms with Crippen LogP contribution in [-0.2, 0) is 0 Å². The van der Waals surface area contributed by atoms with Crippen LogP contribution in [0, 0.1) is 5.41 Å². The standard InChI is InChI=1S/C12H21NS/c1-10(2)9-14-12(13-10)7-5-11(3-4-11)6-8-12/h13H,3-9H2,1-2H3. The van der Waals surface area contributed by atoms with Crippen molar-refractivity contribution in [2.45, 2.75) is 62.8 Å². The lowest BCUT2D eigenvalue weighted by Gasteiger charge is -2.38. The summed E-state index contributed by atoms with van der Waals surface area (Å²) < 4.78 is 0. The third-order valence-electron chi connectivity index (χ3n) is 4.35. The van der Waals surface area contributed by atoms with E-state index >= 15 is 0 Å². The maximum Gasteiger partial charge on any atom is 0.0650 e. The van der Waals surface area contributed by atoms with Crippen LogP contribution in [0.25, 0.3) is 0 Å². The van der Waals surface area contributed by atoms with Crippen molar-refractivity contribution in [3.63, 3.8) is 0 Å². The molecule has 0 amide bonds. The van der Waals surface area contributed by atoms with Crippen molar-refractivity contribution in [3.05, 3.63) is 0 Å². The van der Waals surface area contributed by atoms with Gasteiger partial charge in [0.2, 0.25) is 0 Å². The lowest BCUT2D eigenvalue weighted by molar-refractivity contribution is 0.229. The first kappa shape index (κ1) is 9.53. The molecule has 0 aromatic heterocycles. The Bertz CT molecular complexity index is 245. The molecule has 1 saturated heterocycles. The molecule has 2 spiro atoms. The molecule has 14 heavy (non-hydrogen) atoms. The van der Waals surface area contributed by atoms with Crippen LogP contribution in [0.4, 0.5) is 0 Å². The Morgan fingerprint density at radius 3 is 1.93 bits per heavy atom. The second-order valence-corrected chi connectivity index (χ2v) is 7.65. The summed E-state index contributed by atoms with van der Waals surface area (Å²) in [6.45, 7) is 4.69. The lowest BCUT2D eigenvalue weighted by Crippen LogP contribution is -2.49. The van der Waals surface area contributed by atoms with Crippen LogP contribution in [0.3, 0.4) is 0 Å².